The van der Waals surface area contributed by atoms with Gasteiger partial charge in [0, 0.05) is 30.1 Å². The molecule has 1 amide bonds. The average Bonchev–Trinajstić information content (AvgIpc) is 3.45. The Labute approximate surface area is 209 Å². The molecule has 7 heteroatoms. The maximum absolute atomic E-state index is 12.8. The number of aliphatic carboxylic acids is 1. The molecule has 182 valence electrons. The Bertz CT molecular complexity index is 1300. The number of carboxylic acids is 1. The highest BCUT2D eigenvalue weighted by Gasteiger charge is 2.25. The molecule has 1 unspecified atom stereocenters. The third-order valence-corrected chi connectivity index (χ3v) is 5.81. The van der Waals surface area contributed by atoms with Gasteiger partial charge in [-0.25, -0.2) is 4.98 Å². The highest BCUT2D eigenvalue weighted by molar-refractivity contribution is 5.96. The molecule has 2 heterocycles. The molecule has 4 rings (SSSR count). The first-order chi connectivity index (χ1) is 17.6. The second kappa shape index (κ2) is 12.3. The number of hydrogen-bond acceptors (Lipinski definition) is 5. The highest BCUT2D eigenvalue weighted by atomic mass is 16.4. The van der Waals surface area contributed by atoms with Crippen molar-refractivity contribution >= 4 is 18.0 Å². The van der Waals surface area contributed by atoms with Crippen molar-refractivity contribution in [3.8, 4) is 11.5 Å². The van der Waals surface area contributed by atoms with E-state index in [2.05, 4.69) is 15.3 Å². The summed E-state index contributed by atoms with van der Waals surface area (Å²) in [6.45, 7) is 0.389. The summed E-state index contributed by atoms with van der Waals surface area (Å²) in [7, 11) is 0. The number of carboxylic acid groups (broad SMARTS) is 1. The molecule has 2 N–H and O–H groups in total. The van der Waals surface area contributed by atoms with Gasteiger partial charge in [-0.15, -0.1) is 0 Å². The van der Waals surface area contributed by atoms with E-state index in [1.807, 2.05) is 54.6 Å². The number of benzene rings is 2. The molecule has 0 fully saturated rings. The topological polar surface area (TPSA) is 105 Å². The van der Waals surface area contributed by atoms with Crippen LogP contribution in [0.3, 0.4) is 0 Å². The summed E-state index contributed by atoms with van der Waals surface area (Å²) >= 11 is 0. The second-order valence-electron chi connectivity index (χ2n) is 8.32. The van der Waals surface area contributed by atoms with Crippen LogP contribution in [0.25, 0.3) is 17.5 Å². The number of allylic oxidation sites excluding steroid dienone is 1. The molecule has 0 aliphatic carbocycles. The van der Waals surface area contributed by atoms with E-state index in [4.69, 9.17) is 4.42 Å². The van der Waals surface area contributed by atoms with Gasteiger partial charge >= 0.3 is 5.97 Å². The molecule has 36 heavy (non-hydrogen) atoms. The van der Waals surface area contributed by atoms with Crippen LogP contribution in [0.1, 0.15) is 52.2 Å². The SMILES string of the molecule is O=C(NCc1ccccc1)c1ccc(C(CCCC=Cc2cccnc2)C(=O)O)c(-c2ncco2)c1. The number of oxazole rings is 1. The lowest BCUT2D eigenvalue weighted by Gasteiger charge is -2.16. The molecular weight excluding hydrogens is 454 g/mol. The van der Waals surface area contributed by atoms with Gasteiger partial charge in [0.05, 0.1) is 12.1 Å². The van der Waals surface area contributed by atoms with Gasteiger partial charge in [0.15, 0.2) is 0 Å². The Morgan fingerprint density at radius 3 is 2.64 bits per heavy atom. The summed E-state index contributed by atoms with van der Waals surface area (Å²) in [5.41, 5.74) is 3.47. The van der Waals surface area contributed by atoms with Crippen molar-refractivity contribution in [1.29, 1.82) is 0 Å². The highest BCUT2D eigenvalue weighted by Crippen LogP contribution is 2.33. The number of unbranched alkanes of at least 4 members (excludes halogenated alkanes) is 1. The largest absolute Gasteiger partial charge is 0.481 e. The smallest absolute Gasteiger partial charge is 0.310 e. The Morgan fingerprint density at radius 1 is 1.06 bits per heavy atom. The Balaban J connectivity index is 1.49. The summed E-state index contributed by atoms with van der Waals surface area (Å²) in [5.74, 6) is -1.67. The summed E-state index contributed by atoms with van der Waals surface area (Å²) in [5, 5.41) is 12.9. The zero-order chi connectivity index (χ0) is 25.2. The Kier molecular flexibility index (Phi) is 8.38. The number of nitrogens with zero attached hydrogens (tertiary/aromatic N) is 2. The van der Waals surface area contributed by atoms with Crippen LogP contribution in [-0.4, -0.2) is 27.0 Å². The Hall–Kier alpha value is -4.52. The monoisotopic (exact) mass is 481 g/mol. The van der Waals surface area contributed by atoms with E-state index in [0.29, 0.717) is 36.1 Å². The molecule has 0 spiro atoms. The van der Waals surface area contributed by atoms with E-state index < -0.39 is 11.9 Å². The first-order valence-electron chi connectivity index (χ1n) is 11.8. The lowest BCUT2D eigenvalue weighted by atomic mass is 9.88. The third-order valence-electron chi connectivity index (χ3n) is 5.81. The number of hydrogen-bond donors (Lipinski definition) is 2. The van der Waals surface area contributed by atoms with Crippen LogP contribution in [0.4, 0.5) is 0 Å². The lowest BCUT2D eigenvalue weighted by molar-refractivity contribution is -0.139. The molecule has 2 aromatic heterocycles. The molecule has 1 atom stereocenters. The molecule has 0 aliphatic rings. The van der Waals surface area contributed by atoms with E-state index in [0.717, 1.165) is 17.5 Å². The van der Waals surface area contributed by atoms with Gasteiger partial charge in [-0.3, -0.25) is 14.6 Å². The minimum Gasteiger partial charge on any atom is -0.481 e. The van der Waals surface area contributed by atoms with Crippen molar-refractivity contribution in [3.63, 3.8) is 0 Å². The normalized spacial score (nSPS) is 11.9. The van der Waals surface area contributed by atoms with E-state index in [1.54, 1.807) is 30.6 Å². The zero-order valence-corrected chi connectivity index (χ0v) is 19.7. The number of nitrogens with one attached hydrogen (secondary N) is 1. The number of amides is 1. The van der Waals surface area contributed by atoms with Crippen LogP contribution in [0, 0.1) is 0 Å². The van der Waals surface area contributed by atoms with E-state index in [-0.39, 0.29) is 11.8 Å². The maximum Gasteiger partial charge on any atom is 0.310 e. The molecule has 0 aliphatic heterocycles. The van der Waals surface area contributed by atoms with Crippen molar-refractivity contribution in [2.75, 3.05) is 0 Å². The quantitative estimate of drug-likeness (QED) is 0.266. The maximum atomic E-state index is 12.8. The van der Waals surface area contributed by atoms with Crippen LogP contribution in [0.5, 0.6) is 0 Å². The summed E-state index contributed by atoms with van der Waals surface area (Å²) < 4.78 is 5.49. The fraction of sp³-hybridized carbons (Fsp3) is 0.172. The number of carbonyl (C=O) groups excluding carboxylic acids is 1. The molecule has 0 saturated carbocycles. The van der Waals surface area contributed by atoms with Crippen LogP contribution >= 0.6 is 0 Å². The summed E-state index contributed by atoms with van der Waals surface area (Å²) in [6.07, 6.45) is 12.3. The molecule has 0 radical (unpaired) electrons. The zero-order valence-electron chi connectivity index (χ0n) is 19.7. The van der Waals surface area contributed by atoms with Gasteiger partial charge in [-0.2, -0.15) is 0 Å². The van der Waals surface area contributed by atoms with Gasteiger partial charge in [0.25, 0.3) is 5.91 Å². The predicted octanol–water partition coefficient (Wildman–Crippen LogP) is 5.72. The summed E-state index contributed by atoms with van der Waals surface area (Å²) in [6, 6.07) is 18.5. The predicted molar refractivity (Wildman–Crippen MR) is 137 cm³/mol. The van der Waals surface area contributed by atoms with Crippen molar-refractivity contribution in [3.05, 3.63) is 114 Å². The number of pyridine rings is 1. The summed E-state index contributed by atoms with van der Waals surface area (Å²) in [4.78, 5) is 33.4. The van der Waals surface area contributed by atoms with Crippen molar-refractivity contribution in [1.82, 2.24) is 15.3 Å². The van der Waals surface area contributed by atoms with Crippen LogP contribution in [-0.2, 0) is 11.3 Å². The van der Waals surface area contributed by atoms with E-state index in [9.17, 15) is 14.7 Å². The Morgan fingerprint density at radius 2 is 1.92 bits per heavy atom. The van der Waals surface area contributed by atoms with Gasteiger partial charge in [-0.05, 0) is 54.2 Å². The van der Waals surface area contributed by atoms with Crippen LogP contribution in [0.2, 0.25) is 0 Å². The molecular formula is C29H27N3O4. The minimum atomic E-state index is -0.930. The molecule has 0 bridgehead atoms. The minimum absolute atomic E-state index is 0.259. The van der Waals surface area contributed by atoms with E-state index >= 15 is 0 Å². The fourth-order valence-corrected chi connectivity index (χ4v) is 3.97. The van der Waals surface area contributed by atoms with Crippen LogP contribution in [0.15, 0.2) is 96.0 Å². The first-order valence-corrected chi connectivity index (χ1v) is 11.8. The molecule has 7 nitrogen and oxygen atoms in total. The average molecular weight is 482 g/mol. The second-order valence-corrected chi connectivity index (χ2v) is 8.32. The standard InChI is InChI=1S/C29H27N3O4/c33-27(32-20-22-9-3-1-4-10-22)23-13-14-24(26(18-23)28-31-16-17-36-28)25(29(34)35)12-6-2-5-8-21-11-7-15-30-19-21/h1,3-5,7-11,13-19,25H,2,6,12,20H2,(H,32,33)(H,34,35). The van der Waals surface area contributed by atoms with Gasteiger partial charge in [0.2, 0.25) is 5.89 Å². The van der Waals surface area contributed by atoms with E-state index in [1.165, 1.54) is 12.5 Å². The molecule has 4 aromatic rings. The number of rotatable bonds is 11. The van der Waals surface area contributed by atoms with Gasteiger partial charge in [0.1, 0.15) is 6.26 Å². The van der Waals surface area contributed by atoms with Gasteiger partial charge < -0.3 is 14.8 Å². The van der Waals surface area contributed by atoms with Crippen molar-refractivity contribution in [2.24, 2.45) is 0 Å². The number of aromatic nitrogens is 2. The first kappa shape index (κ1) is 24.6. The van der Waals surface area contributed by atoms with Crippen molar-refractivity contribution in [2.45, 2.75) is 31.7 Å². The number of carbonyl (C=O) groups is 2. The molecule has 0 saturated heterocycles. The van der Waals surface area contributed by atoms with Gasteiger partial charge in [-0.1, -0.05) is 54.6 Å². The van der Waals surface area contributed by atoms with Crippen molar-refractivity contribution < 1.29 is 19.1 Å². The van der Waals surface area contributed by atoms with Crippen LogP contribution < -0.4 is 5.32 Å². The third kappa shape index (κ3) is 6.54. The fourth-order valence-electron chi connectivity index (χ4n) is 3.97. The lowest BCUT2D eigenvalue weighted by Crippen LogP contribution is -2.23. The molecule has 2 aromatic carbocycles.